The second kappa shape index (κ2) is 6.50. The van der Waals surface area contributed by atoms with Crippen molar-refractivity contribution in [3.8, 4) is 0 Å². The SMILES string of the molecule is O=C(Cc1ccc(F)cc1)NCC1CCCCN1. The lowest BCUT2D eigenvalue weighted by molar-refractivity contribution is -0.120. The highest BCUT2D eigenvalue weighted by Gasteiger charge is 2.13. The van der Waals surface area contributed by atoms with Crippen LogP contribution in [0.3, 0.4) is 0 Å². The summed E-state index contributed by atoms with van der Waals surface area (Å²) in [4.78, 5) is 11.7. The van der Waals surface area contributed by atoms with E-state index in [9.17, 15) is 9.18 Å². The summed E-state index contributed by atoms with van der Waals surface area (Å²) < 4.78 is 12.7. The number of rotatable bonds is 4. The second-order valence-electron chi connectivity index (χ2n) is 4.75. The van der Waals surface area contributed by atoms with Gasteiger partial charge < -0.3 is 10.6 Å². The first kappa shape index (κ1) is 13.0. The number of carbonyl (C=O) groups is 1. The molecule has 98 valence electrons. The Morgan fingerprint density at radius 2 is 2.11 bits per heavy atom. The molecule has 1 atom stereocenters. The van der Waals surface area contributed by atoms with E-state index in [1.807, 2.05) is 0 Å². The van der Waals surface area contributed by atoms with Crippen LogP contribution in [0.5, 0.6) is 0 Å². The summed E-state index contributed by atoms with van der Waals surface area (Å²) in [5.74, 6) is -0.278. The van der Waals surface area contributed by atoms with Crippen molar-refractivity contribution in [1.82, 2.24) is 10.6 Å². The number of benzene rings is 1. The summed E-state index contributed by atoms with van der Waals surface area (Å²) >= 11 is 0. The second-order valence-corrected chi connectivity index (χ2v) is 4.75. The van der Waals surface area contributed by atoms with E-state index in [0.717, 1.165) is 18.5 Å². The standard InChI is InChI=1S/C14H19FN2O/c15-12-6-4-11(5-7-12)9-14(18)17-10-13-3-1-2-8-16-13/h4-7,13,16H,1-3,8-10H2,(H,17,18). The third-order valence-electron chi connectivity index (χ3n) is 3.24. The zero-order chi connectivity index (χ0) is 12.8. The molecule has 1 amide bonds. The van der Waals surface area contributed by atoms with Gasteiger partial charge in [-0.25, -0.2) is 4.39 Å². The number of amides is 1. The molecule has 1 unspecified atom stereocenters. The van der Waals surface area contributed by atoms with Crippen LogP contribution in [0.15, 0.2) is 24.3 Å². The summed E-state index contributed by atoms with van der Waals surface area (Å²) in [5, 5.41) is 6.30. The number of hydrogen-bond donors (Lipinski definition) is 2. The number of piperidine rings is 1. The van der Waals surface area contributed by atoms with Crippen LogP contribution in [0.1, 0.15) is 24.8 Å². The normalized spacial score (nSPS) is 19.5. The van der Waals surface area contributed by atoms with E-state index in [4.69, 9.17) is 0 Å². The molecule has 1 aromatic carbocycles. The first-order chi connectivity index (χ1) is 8.74. The fraction of sp³-hybridized carbons (Fsp3) is 0.500. The smallest absolute Gasteiger partial charge is 0.224 e. The van der Waals surface area contributed by atoms with E-state index in [1.54, 1.807) is 12.1 Å². The van der Waals surface area contributed by atoms with Crippen LogP contribution < -0.4 is 10.6 Å². The van der Waals surface area contributed by atoms with Gasteiger partial charge in [-0.3, -0.25) is 4.79 Å². The molecule has 1 fully saturated rings. The predicted octanol–water partition coefficient (Wildman–Crippen LogP) is 1.63. The number of nitrogens with one attached hydrogen (secondary N) is 2. The van der Waals surface area contributed by atoms with Gasteiger partial charge >= 0.3 is 0 Å². The van der Waals surface area contributed by atoms with Gasteiger partial charge in [-0.2, -0.15) is 0 Å². The fourth-order valence-corrected chi connectivity index (χ4v) is 2.19. The molecule has 2 rings (SSSR count). The van der Waals surface area contributed by atoms with Crippen molar-refractivity contribution in [1.29, 1.82) is 0 Å². The summed E-state index contributed by atoms with van der Waals surface area (Å²) in [6.45, 7) is 1.72. The Morgan fingerprint density at radius 1 is 1.33 bits per heavy atom. The summed E-state index contributed by atoms with van der Waals surface area (Å²) in [6.07, 6.45) is 3.88. The largest absolute Gasteiger partial charge is 0.354 e. The van der Waals surface area contributed by atoms with Crippen molar-refractivity contribution >= 4 is 5.91 Å². The fourth-order valence-electron chi connectivity index (χ4n) is 2.19. The molecule has 1 aliphatic rings. The molecule has 1 saturated heterocycles. The quantitative estimate of drug-likeness (QED) is 0.852. The summed E-state index contributed by atoms with van der Waals surface area (Å²) in [5.41, 5.74) is 0.838. The van der Waals surface area contributed by atoms with Crippen molar-refractivity contribution < 1.29 is 9.18 Å². The van der Waals surface area contributed by atoms with E-state index >= 15 is 0 Å². The molecule has 4 heteroatoms. The van der Waals surface area contributed by atoms with Crippen molar-refractivity contribution in [2.75, 3.05) is 13.1 Å². The van der Waals surface area contributed by atoms with Gasteiger partial charge in [0.15, 0.2) is 0 Å². The van der Waals surface area contributed by atoms with Gasteiger partial charge in [0.25, 0.3) is 0 Å². The molecule has 0 bridgehead atoms. The Bertz CT molecular complexity index is 385. The molecule has 18 heavy (non-hydrogen) atoms. The van der Waals surface area contributed by atoms with Crippen LogP contribution in [0.2, 0.25) is 0 Å². The van der Waals surface area contributed by atoms with Crippen LogP contribution >= 0.6 is 0 Å². The molecule has 0 spiro atoms. The zero-order valence-electron chi connectivity index (χ0n) is 10.4. The molecule has 0 aromatic heterocycles. The zero-order valence-corrected chi connectivity index (χ0v) is 10.4. The van der Waals surface area contributed by atoms with Gasteiger partial charge in [0, 0.05) is 12.6 Å². The summed E-state index contributed by atoms with van der Waals surface area (Å²) in [6, 6.07) is 6.45. The Kier molecular flexibility index (Phi) is 4.70. The lowest BCUT2D eigenvalue weighted by atomic mass is 10.0. The maximum Gasteiger partial charge on any atom is 0.224 e. The topological polar surface area (TPSA) is 41.1 Å². The molecule has 0 aliphatic carbocycles. The first-order valence-electron chi connectivity index (χ1n) is 6.48. The number of hydrogen-bond acceptors (Lipinski definition) is 2. The van der Waals surface area contributed by atoms with Gasteiger partial charge in [0.1, 0.15) is 5.82 Å². The Morgan fingerprint density at radius 3 is 2.78 bits per heavy atom. The van der Waals surface area contributed by atoms with Crippen LogP contribution in [0.4, 0.5) is 4.39 Å². The predicted molar refractivity (Wildman–Crippen MR) is 68.8 cm³/mol. The molecule has 1 heterocycles. The van der Waals surface area contributed by atoms with Crippen molar-refractivity contribution in [2.24, 2.45) is 0 Å². The van der Waals surface area contributed by atoms with Gasteiger partial charge in [-0.05, 0) is 37.1 Å². The molecule has 1 aromatic rings. The third kappa shape index (κ3) is 4.11. The highest BCUT2D eigenvalue weighted by Crippen LogP contribution is 2.06. The Labute approximate surface area is 107 Å². The number of carbonyl (C=O) groups excluding carboxylic acids is 1. The average Bonchev–Trinajstić information content (AvgIpc) is 2.40. The Hall–Kier alpha value is -1.42. The molecule has 1 aliphatic heterocycles. The molecular formula is C14H19FN2O. The first-order valence-corrected chi connectivity index (χ1v) is 6.48. The van der Waals surface area contributed by atoms with Crippen molar-refractivity contribution in [3.63, 3.8) is 0 Å². The van der Waals surface area contributed by atoms with Crippen LogP contribution in [-0.4, -0.2) is 25.0 Å². The van der Waals surface area contributed by atoms with E-state index in [-0.39, 0.29) is 11.7 Å². The highest BCUT2D eigenvalue weighted by molar-refractivity contribution is 5.78. The maximum atomic E-state index is 12.7. The van der Waals surface area contributed by atoms with Gasteiger partial charge in [-0.15, -0.1) is 0 Å². The minimum absolute atomic E-state index is 0.00557. The monoisotopic (exact) mass is 250 g/mol. The average molecular weight is 250 g/mol. The van der Waals surface area contributed by atoms with E-state index in [1.165, 1.54) is 25.0 Å². The lowest BCUT2D eigenvalue weighted by Gasteiger charge is -2.23. The lowest BCUT2D eigenvalue weighted by Crippen LogP contribution is -2.43. The maximum absolute atomic E-state index is 12.7. The molecular weight excluding hydrogens is 231 g/mol. The molecule has 0 radical (unpaired) electrons. The van der Waals surface area contributed by atoms with Crippen molar-refractivity contribution in [2.45, 2.75) is 31.7 Å². The van der Waals surface area contributed by atoms with Gasteiger partial charge in [0.05, 0.1) is 6.42 Å². The molecule has 2 N–H and O–H groups in total. The van der Waals surface area contributed by atoms with Crippen LogP contribution in [0.25, 0.3) is 0 Å². The molecule has 3 nitrogen and oxygen atoms in total. The minimum atomic E-state index is -0.273. The van der Waals surface area contributed by atoms with Crippen molar-refractivity contribution in [3.05, 3.63) is 35.6 Å². The summed E-state index contributed by atoms with van der Waals surface area (Å²) in [7, 11) is 0. The van der Waals surface area contributed by atoms with Crippen LogP contribution in [0, 0.1) is 5.82 Å². The van der Waals surface area contributed by atoms with E-state index in [0.29, 0.717) is 19.0 Å². The van der Waals surface area contributed by atoms with E-state index < -0.39 is 0 Å². The third-order valence-corrected chi connectivity index (χ3v) is 3.24. The molecule has 0 saturated carbocycles. The van der Waals surface area contributed by atoms with Crippen LogP contribution in [-0.2, 0) is 11.2 Å². The highest BCUT2D eigenvalue weighted by atomic mass is 19.1. The minimum Gasteiger partial charge on any atom is -0.354 e. The Balaban J connectivity index is 1.73. The van der Waals surface area contributed by atoms with Gasteiger partial charge in [0.2, 0.25) is 5.91 Å². The van der Waals surface area contributed by atoms with Gasteiger partial charge in [-0.1, -0.05) is 18.6 Å². The van der Waals surface area contributed by atoms with E-state index in [2.05, 4.69) is 10.6 Å². The number of halogens is 1.